The van der Waals surface area contributed by atoms with E-state index in [1.165, 1.54) is 0 Å². The number of aryl methyl sites for hydroxylation is 3. The van der Waals surface area contributed by atoms with Crippen molar-refractivity contribution in [2.75, 3.05) is 0 Å². The van der Waals surface area contributed by atoms with Crippen LogP contribution in [0.5, 0.6) is 0 Å². The first-order chi connectivity index (χ1) is 13.3. The molecular weight excluding hydrogens is 403 g/mol. The smallest absolute Gasteiger partial charge is 0.550 e. The molecular formula is C19H21KN4O5. The van der Waals surface area contributed by atoms with Crippen LogP contribution in [0.15, 0.2) is 21.7 Å². The van der Waals surface area contributed by atoms with Crippen molar-refractivity contribution >= 4 is 17.0 Å². The fourth-order valence-electron chi connectivity index (χ4n) is 3.18. The van der Waals surface area contributed by atoms with Crippen LogP contribution in [-0.4, -0.2) is 36.7 Å². The second-order valence-corrected chi connectivity index (χ2v) is 6.94. The zero-order valence-electron chi connectivity index (χ0n) is 16.7. The minimum absolute atomic E-state index is 0. The van der Waals surface area contributed by atoms with E-state index in [-0.39, 0.29) is 69.3 Å². The number of hydrogen-bond acceptors (Lipinski definition) is 7. The number of aliphatic carboxylic acids is 1. The predicted molar refractivity (Wildman–Crippen MR) is 100.0 cm³/mol. The summed E-state index contributed by atoms with van der Waals surface area (Å²) in [5.74, 6) is -0.989. The molecule has 3 rings (SSSR count). The van der Waals surface area contributed by atoms with E-state index in [2.05, 4.69) is 15.0 Å². The van der Waals surface area contributed by atoms with Crippen LogP contribution in [0.1, 0.15) is 36.8 Å². The van der Waals surface area contributed by atoms with Crippen molar-refractivity contribution in [1.29, 1.82) is 0 Å². The number of carboxylic acid groups (broad SMARTS) is 1. The molecule has 2 aliphatic heterocycles. The molecule has 1 aromatic carbocycles. The maximum Gasteiger partial charge on any atom is 1.00 e. The Hall–Kier alpha value is -1.43. The van der Waals surface area contributed by atoms with Gasteiger partial charge in [-0.05, 0) is 62.8 Å². The van der Waals surface area contributed by atoms with E-state index < -0.39 is 23.3 Å². The Morgan fingerprint density at radius 3 is 2.59 bits per heavy atom. The Balaban J connectivity index is 0.00000300. The van der Waals surface area contributed by atoms with Crippen LogP contribution in [-0.2, 0) is 11.3 Å². The van der Waals surface area contributed by atoms with E-state index in [4.69, 9.17) is 0 Å². The number of benzene rings is 1. The van der Waals surface area contributed by atoms with Gasteiger partial charge in [0.05, 0.1) is 17.1 Å². The number of aliphatic hydroxyl groups is 1. The Labute approximate surface area is 209 Å². The van der Waals surface area contributed by atoms with Crippen molar-refractivity contribution in [3.63, 3.8) is 0 Å². The molecule has 0 bridgehead atoms. The minimum atomic E-state index is -1.15. The summed E-state index contributed by atoms with van der Waals surface area (Å²) in [5.41, 5.74) is 2.01. The zero-order valence-corrected chi connectivity index (χ0v) is 19.8. The van der Waals surface area contributed by atoms with Gasteiger partial charge in [0.15, 0.2) is 11.5 Å². The average molecular weight is 424 g/mol. The number of H-pyrrole nitrogens is 1. The van der Waals surface area contributed by atoms with Crippen LogP contribution in [0.4, 0.5) is 0 Å². The van der Waals surface area contributed by atoms with Crippen LogP contribution >= 0.6 is 0 Å². The first kappa shape index (κ1) is 23.8. The average Bonchev–Trinajstić information content (AvgIpc) is 2.60. The molecule has 0 saturated heterocycles. The number of aromatic nitrogens is 4. The number of nitrogens with zero attached hydrogens (tertiary/aromatic N) is 3. The molecule has 0 amide bonds. The van der Waals surface area contributed by atoms with Gasteiger partial charge in [-0.2, -0.15) is 4.98 Å². The Kier molecular flexibility index (Phi) is 8.26. The summed E-state index contributed by atoms with van der Waals surface area (Å²) < 4.78 is 1.71. The molecule has 0 saturated carbocycles. The molecule has 0 spiro atoms. The van der Waals surface area contributed by atoms with Crippen molar-refractivity contribution in [1.82, 2.24) is 19.5 Å². The number of carbonyl (C=O) groups excluding carboxylic acids is 1. The minimum Gasteiger partial charge on any atom is -0.550 e. The van der Waals surface area contributed by atoms with E-state index in [1.807, 2.05) is 26.0 Å². The number of nitrogens with one attached hydrogen (secondary N) is 1. The Bertz CT molecular complexity index is 1120. The number of carbonyl (C=O) groups is 1. The molecule has 10 heteroatoms. The molecule has 0 aliphatic carbocycles. The number of hydrogen-bond donors (Lipinski definition) is 2. The van der Waals surface area contributed by atoms with Gasteiger partial charge in [-0.15, -0.1) is 0 Å². The van der Waals surface area contributed by atoms with Crippen LogP contribution in [0.3, 0.4) is 0 Å². The van der Waals surface area contributed by atoms with Crippen molar-refractivity contribution in [2.45, 2.75) is 52.2 Å². The molecule has 0 aromatic heterocycles. The molecule has 148 valence electrons. The molecule has 0 radical (unpaired) electrons. The van der Waals surface area contributed by atoms with Gasteiger partial charge >= 0.3 is 57.1 Å². The molecule has 1 aromatic rings. The Morgan fingerprint density at radius 1 is 1.21 bits per heavy atom. The summed E-state index contributed by atoms with van der Waals surface area (Å²) >= 11 is 0. The molecule has 1 atom stereocenters. The van der Waals surface area contributed by atoms with E-state index in [0.29, 0.717) is 36.8 Å². The molecule has 2 heterocycles. The van der Waals surface area contributed by atoms with Gasteiger partial charge < -0.3 is 19.6 Å². The summed E-state index contributed by atoms with van der Waals surface area (Å²) in [6.07, 6.45) is 0.0915. The van der Waals surface area contributed by atoms with Crippen molar-refractivity contribution in [3.05, 3.63) is 44.1 Å². The second-order valence-electron chi connectivity index (χ2n) is 6.94. The quantitative estimate of drug-likeness (QED) is 0.302. The van der Waals surface area contributed by atoms with Gasteiger partial charge in [-0.3, -0.25) is 9.78 Å². The number of rotatable bonds is 7. The summed E-state index contributed by atoms with van der Waals surface area (Å²) in [6, 6.07) is 3.77. The number of carboxylic acids is 1. The van der Waals surface area contributed by atoms with Gasteiger partial charge in [-0.1, -0.05) is 0 Å². The molecule has 1 unspecified atom stereocenters. The molecule has 0 fully saturated rings. The monoisotopic (exact) mass is 424 g/mol. The largest absolute Gasteiger partial charge is 1.00 e. The third-order valence-electron chi connectivity index (χ3n) is 4.83. The number of aliphatic hydroxyl groups excluding tert-OH is 1. The number of fused-ring (bicyclic) bond motifs is 2. The van der Waals surface area contributed by atoms with Crippen molar-refractivity contribution < 1.29 is 66.4 Å². The van der Waals surface area contributed by atoms with Crippen LogP contribution < -0.4 is 67.7 Å². The maximum absolute atomic E-state index is 12.2. The second kappa shape index (κ2) is 10.1. The molecule has 9 nitrogen and oxygen atoms in total. The maximum atomic E-state index is 12.2. The van der Waals surface area contributed by atoms with Crippen molar-refractivity contribution in [3.8, 4) is 11.5 Å². The van der Waals surface area contributed by atoms with Crippen LogP contribution in [0.25, 0.3) is 22.6 Å². The Morgan fingerprint density at radius 2 is 1.90 bits per heavy atom. The predicted octanol–water partition coefficient (Wildman–Crippen LogP) is -3.12. The molecule has 2 N–H and O–H groups in total. The first-order valence-corrected chi connectivity index (χ1v) is 9.06. The van der Waals surface area contributed by atoms with E-state index in [9.17, 15) is 24.6 Å². The van der Waals surface area contributed by atoms with Crippen molar-refractivity contribution in [2.24, 2.45) is 0 Å². The topological polar surface area (TPSA) is 141 Å². The first-order valence-electron chi connectivity index (χ1n) is 9.06. The van der Waals surface area contributed by atoms with Crippen LogP contribution in [0, 0.1) is 13.8 Å². The third-order valence-corrected chi connectivity index (χ3v) is 4.83. The van der Waals surface area contributed by atoms with Gasteiger partial charge in [-0.25, -0.2) is 9.78 Å². The van der Waals surface area contributed by atoms with Gasteiger partial charge in [0, 0.05) is 12.5 Å². The van der Waals surface area contributed by atoms with Gasteiger partial charge in [0.25, 0.3) is 5.56 Å². The number of aromatic amines is 1. The standard InChI is InChI=1S/C19H22N4O5.K/c1-10-8-13-14(9-11(10)2)23(7-6-12(24)4-3-5-15(25)26)17-16(20-13)18(27)22-19(28)21-17;/h8-9,12,24H,3-7H2,1-2H3,(H,25,26)(H,22,27,28);/q;+1/p-1. The summed E-state index contributed by atoms with van der Waals surface area (Å²) in [7, 11) is 0. The van der Waals surface area contributed by atoms with E-state index in [0.717, 1.165) is 11.1 Å². The molecule has 2 aliphatic rings. The SMILES string of the molecule is Cc1cc2nc3c(=O)[nH]c(=O)nc-3n(CCC(O)CCCC(=O)[O-])c2cc1C.[K+]. The fraction of sp³-hybridized carbons (Fsp3) is 0.421. The summed E-state index contributed by atoms with van der Waals surface area (Å²) in [4.78, 5) is 44.9. The summed E-state index contributed by atoms with van der Waals surface area (Å²) in [5, 5.41) is 20.7. The van der Waals surface area contributed by atoms with Gasteiger partial charge in [0.1, 0.15) is 0 Å². The van der Waals surface area contributed by atoms with Crippen LogP contribution in [0.2, 0.25) is 0 Å². The van der Waals surface area contributed by atoms with E-state index >= 15 is 0 Å². The fourth-order valence-corrected chi connectivity index (χ4v) is 3.18. The normalized spacial score (nSPS) is 12.1. The summed E-state index contributed by atoms with van der Waals surface area (Å²) in [6.45, 7) is 4.18. The van der Waals surface area contributed by atoms with E-state index in [1.54, 1.807) is 4.57 Å². The zero-order chi connectivity index (χ0) is 20.4. The van der Waals surface area contributed by atoms with Gasteiger partial charge in [0.2, 0.25) is 0 Å². The third kappa shape index (κ3) is 5.59. The molecule has 29 heavy (non-hydrogen) atoms.